The van der Waals surface area contributed by atoms with Gasteiger partial charge in [-0.05, 0) is 25.1 Å². The molecule has 1 aromatic rings. The molecule has 0 aliphatic carbocycles. The summed E-state index contributed by atoms with van der Waals surface area (Å²) in [5, 5.41) is 12.2. The number of nitrogens with two attached hydrogens (primary N) is 1. The van der Waals surface area contributed by atoms with Crippen LogP contribution in [-0.4, -0.2) is 36.3 Å². The van der Waals surface area contributed by atoms with Crippen LogP contribution >= 0.6 is 12.4 Å². The summed E-state index contributed by atoms with van der Waals surface area (Å²) in [5.74, 6) is -0.723. The number of aliphatic hydroxyl groups excluding tert-OH is 1. The number of hydrogen-bond acceptors (Lipinski definition) is 4. The molecule has 0 spiro atoms. The van der Waals surface area contributed by atoms with E-state index in [1.165, 1.54) is 12.1 Å². The Kier molecular flexibility index (Phi) is 9.09. The Labute approximate surface area is 144 Å². The van der Waals surface area contributed by atoms with E-state index in [0.717, 1.165) is 12.1 Å². The molecule has 0 saturated heterocycles. The molecule has 24 heavy (non-hydrogen) atoms. The fourth-order valence-electron chi connectivity index (χ4n) is 1.63. The third-order valence-electron chi connectivity index (χ3n) is 3.32. The summed E-state index contributed by atoms with van der Waals surface area (Å²) in [6.45, 7) is 3.03. The summed E-state index contributed by atoms with van der Waals surface area (Å²) in [6.07, 6.45) is -5.50. The predicted octanol–water partition coefficient (Wildman–Crippen LogP) is 1.97. The SMILES string of the molecule is CC(N)C(C)C(=O)NCC(O)COc1cccc(C(F)(F)F)c1.Cl. The van der Waals surface area contributed by atoms with Crippen molar-refractivity contribution in [1.29, 1.82) is 0 Å². The van der Waals surface area contributed by atoms with Gasteiger partial charge in [-0.2, -0.15) is 13.2 Å². The van der Waals surface area contributed by atoms with E-state index in [1.54, 1.807) is 13.8 Å². The van der Waals surface area contributed by atoms with Gasteiger partial charge in [0.25, 0.3) is 0 Å². The van der Waals surface area contributed by atoms with Gasteiger partial charge in [0.05, 0.1) is 5.56 Å². The predicted molar refractivity (Wildman–Crippen MR) is 86.0 cm³/mol. The number of halogens is 4. The molecule has 3 unspecified atom stereocenters. The molecule has 1 rings (SSSR count). The first-order chi connectivity index (χ1) is 10.6. The van der Waals surface area contributed by atoms with Crippen molar-refractivity contribution in [2.45, 2.75) is 32.2 Å². The topological polar surface area (TPSA) is 84.6 Å². The van der Waals surface area contributed by atoms with Crippen LogP contribution in [0.2, 0.25) is 0 Å². The van der Waals surface area contributed by atoms with Crippen LogP contribution in [0, 0.1) is 5.92 Å². The maximum absolute atomic E-state index is 12.6. The summed E-state index contributed by atoms with van der Waals surface area (Å²) in [4.78, 5) is 11.7. The minimum atomic E-state index is -4.46. The van der Waals surface area contributed by atoms with Gasteiger partial charge in [-0.3, -0.25) is 4.79 Å². The number of aliphatic hydroxyl groups is 1. The first kappa shape index (κ1) is 22.5. The number of nitrogens with one attached hydrogen (secondary N) is 1. The molecule has 4 N–H and O–H groups in total. The minimum Gasteiger partial charge on any atom is -0.491 e. The van der Waals surface area contributed by atoms with Gasteiger partial charge in [-0.15, -0.1) is 12.4 Å². The molecule has 1 amide bonds. The zero-order valence-corrected chi connectivity index (χ0v) is 14.2. The lowest BCUT2D eigenvalue weighted by Gasteiger charge is -2.18. The van der Waals surface area contributed by atoms with E-state index in [9.17, 15) is 23.1 Å². The van der Waals surface area contributed by atoms with Gasteiger partial charge in [0, 0.05) is 18.5 Å². The molecule has 0 aromatic heterocycles. The maximum Gasteiger partial charge on any atom is 0.416 e. The molecule has 0 radical (unpaired) electrons. The molecular formula is C15H22ClF3N2O3. The summed E-state index contributed by atoms with van der Waals surface area (Å²) in [6, 6.07) is 4.03. The molecule has 1 aromatic carbocycles. The van der Waals surface area contributed by atoms with E-state index < -0.39 is 23.8 Å². The molecule has 9 heteroatoms. The number of carbonyl (C=O) groups is 1. The van der Waals surface area contributed by atoms with Crippen molar-refractivity contribution in [3.63, 3.8) is 0 Å². The number of hydrogen-bond donors (Lipinski definition) is 3. The van der Waals surface area contributed by atoms with Gasteiger partial charge >= 0.3 is 6.18 Å². The van der Waals surface area contributed by atoms with Crippen molar-refractivity contribution in [2.75, 3.05) is 13.2 Å². The van der Waals surface area contributed by atoms with E-state index >= 15 is 0 Å². The van der Waals surface area contributed by atoms with Crippen LogP contribution < -0.4 is 15.8 Å². The van der Waals surface area contributed by atoms with Crippen molar-refractivity contribution in [3.05, 3.63) is 29.8 Å². The first-order valence-corrected chi connectivity index (χ1v) is 7.12. The van der Waals surface area contributed by atoms with Gasteiger partial charge in [0.1, 0.15) is 18.5 Å². The Morgan fingerprint density at radius 2 is 2.00 bits per heavy atom. The summed E-state index contributed by atoms with van der Waals surface area (Å²) in [5.41, 5.74) is 4.76. The largest absolute Gasteiger partial charge is 0.491 e. The fourth-order valence-corrected chi connectivity index (χ4v) is 1.63. The van der Waals surface area contributed by atoms with E-state index in [0.29, 0.717) is 0 Å². The van der Waals surface area contributed by atoms with Crippen LogP contribution in [0.1, 0.15) is 19.4 Å². The highest BCUT2D eigenvalue weighted by Gasteiger charge is 2.30. The molecule has 138 valence electrons. The fraction of sp³-hybridized carbons (Fsp3) is 0.533. The molecule has 3 atom stereocenters. The van der Waals surface area contributed by atoms with Crippen molar-refractivity contribution >= 4 is 18.3 Å². The van der Waals surface area contributed by atoms with Crippen molar-refractivity contribution in [3.8, 4) is 5.75 Å². The molecule has 0 aliphatic rings. The van der Waals surface area contributed by atoms with Gasteiger partial charge < -0.3 is 20.9 Å². The standard InChI is InChI=1S/C15H21F3N2O3.ClH/c1-9(10(2)19)14(22)20-7-12(21)8-23-13-5-3-4-11(6-13)15(16,17)18;/h3-6,9-10,12,21H,7-8,19H2,1-2H3,(H,20,22);1H. The number of ether oxygens (including phenoxy) is 1. The molecule has 0 saturated carbocycles. The van der Waals surface area contributed by atoms with E-state index in [2.05, 4.69) is 5.32 Å². The van der Waals surface area contributed by atoms with E-state index in [4.69, 9.17) is 10.5 Å². The third-order valence-corrected chi connectivity index (χ3v) is 3.32. The molecule has 5 nitrogen and oxygen atoms in total. The lowest BCUT2D eigenvalue weighted by atomic mass is 10.0. The van der Waals surface area contributed by atoms with Gasteiger partial charge in [0.15, 0.2) is 0 Å². The smallest absolute Gasteiger partial charge is 0.416 e. The van der Waals surface area contributed by atoms with Crippen molar-refractivity contribution in [2.24, 2.45) is 11.7 Å². The minimum absolute atomic E-state index is 0. The monoisotopic (exact) mass is 370 g/mol. The first-order valence-electron chi connectivity index (χ1n) is 7.12. The Hall–Kier alpha value is -1.51. The molecule has 0 heterocycles. The number of rotatable bonds is 7. The number of alkyl halides is 3. The van der Waals surface area contributed by atoms with Crippen LogP contribution in [-0.2, 0) is 11.0 Å². The van der Waals surface area contributed by atoms with Gasteiger partial charge in [-0.1, -0.05) is 13.0 Å². The maximum atomic E-state index is 12.6. The Morgan fingerprint density at radius 1 is 1.38 bits per heavy atom. The van der Waals surface area contributed by atoms with Crippen LogP contribution in [0.15, 0.2) is 24.3 Å². The van der Waals surface area contributed by atoms with Gasteiger partial charge in [0.2, 0.25) is 5.91 Å². The second-order valence-corrected chi connectivity index (χ2v) is 5.38. The van der Waals surface area contributed by atoms with Crippen LogP contribution in [0.25, 0.3) is 0 Å². The molecule has 0 fully saturated rings. The van der Waals surface area contributed by atoms with Crippen molar-refractivity contribution in [1.82, 2.24) is 5.32 Å². The average Bonchev–Trinajstić information content (AvgIpc) is 2.49. The molecule has 0 bridgehead atoms. The zero-order chi connectivity index (χ0) is 17.6. The van der Waals surface area contributed by atoms with E-state index in [1.807, 2.05) is 0 Å². The molecule has 0 aliphatic heterocycles. The highest BCUT2D eigenvalue weighted by Crippen LogP contribution is 2.31. The highest BCUT2D eigenvalue weighted by atomic mass is 35.5. The second kappa shape index (κ2) is 9.71. The van der Waals surface area contributed by atoms with Crippen LogP contribution in [0.5, 0.6) is 5.75 Å². The van der Waals surface area contributed by atoms with Crippen LogP contribution in [0.4, 0.5) is 13.2 Å². The second-order valence-electron chi connectivity index (χ2n) is 5.38. The Morgan fingerprint density at radius 3 is 2.54 bits per heavy atom. The number of carbonyl (C=O) groups excluding carboxylic acids is 1. The quantitative estimate of drug-likeness (QED) is 0.685. The highest BCUT2D eigenvalue weighted by molar-refractivity contribution is 5.85. The normalized spacial score (nSPS) is 15.0. The molecular weight excluding hydrogens is 349 g/mol. The average molecular weight is 371 g/mol. The summed E-state index contributed by atoms with van der Waals surface area (Å²) >= 11 is 0. The summed E-state index contributed by atoms with van der Waals surface area (Å²) in [7, 11) is 0. The zero-order valence-electron chi connectivity index (χ0n) is 13.3. The third kappa shape index (κ3) is 7.37. The van der Waals surface area contributed by atoms with Crippen LogP contribution in [0.3, 0.4) is 0 Å². The number of benzene rings is 1. The summed E-state index contributed by atoms with van der Waals surface area (Å²) < 4.78 is 42.8. The van der Waals surface area contributed by atoms with Gasteiger partial charge in [-0.25, -0.2) is 0 Å². The Bertz CT molecular complexity index is 527. The lowest BCUT2D eigenvalue weighted by molar-refractivity contribution is -0.137. The van der Waals surface area contributed by atoms with Crippen molar-refractivity contribution < 1.29 is 27.8 Å². The number of amides is 1. The Balaban J connectivity index is 0.00000529. The lowest BCUT2D eigenvalue weighted by Crippen LogP contribution is -2.42. The van der Waals surface area contributed by atoms with E-state index in [-0.39, 0.29) is 43.3 Å².